The Balaban J connectivity index is 2.64. The molecule has 0 unspecified atom stereocenters. The summed E-state index contributed by atoms with van der Waals surface area (Å²) in [4.78, 5) is 0. The lowest BCUT2D eigenvalue weighted by Gasteiger charge is -2.18. The second kappa shape index (κ2) is 7.56. The number of nitrogens with one attached hydrogen (secondary N) is 2. The normalized spacial score (nSPS) is 11.8. The fraction of sp³-hybridized carbons (Fsp3) is 0.538. The van der Waals surface area contributed by atoms with Crippen molar-refractivity contribution in [2.75, 3.05) is 31.4 Å². The van der Waals surface area contributed by atoms with Crippen molar-refractivity contribution in [3.8, 4) is 0 Å². The fourth-order valence-electron chi connectivity index (χ4n) is 1.75. The number of hydrogen-bond acceptors (Lipinski definition) is 3. The highest BCUT2D eigenvalue weighted by Gasteiger charge is 2.17. The summed E-state index contributed by atoms with van der Waals surface area (Å²) in [7, 11) is -2.14. The van der Waals surface area contributed by atoms with Crippen molar-refractivity contribution in [3.05, 3.63) is 29.6 Å². The lowest BCUT2D eigenvalue weighted by Crippen LogP contribution is -2.34. The van der Waals surface area contributed by atoms with Gasteiger partial charge in [-0.3, -0.25) is 4.72 Å². The van der Waals surface area contributed by atoms with Crippen LogP contribution in [0.5, 0.6) is 0 Å². The number of halogens is 1. The Labute approximate surface area is 120 Å². The predicted octanol–water partition coefficient (Wildman–Crippen LogP) is 1.72. The molecule has 5 nitrogen and oxygen atoms in total. The van der Waals surface area contributed by atoms with Gasteiger partial charge >= 0.3 is 10.2 Å². The molecule has 0 heterocycles. The average molecular weight is 303 g/mol. The van der Waals surface area contributed by atoms with Gasteiger partial charge in [0.15, 0.2) is 0 Å². The Hall–Kier alpha value is -1.18. The topological polar surface area (TPSA) is 61.4 Å². The van der Waals surface area contributed by atoms with Crippen LogP contribution in [-0.2, 0) is 10.2 Å². The molecule has 0 atom stereocenters. The van der Waals surface area contributed by atoms with Crippen LogP contribution in [0.25, 0.3) is 0 Å². The van der Waals surface area contributed by atoms with Crippen LogP contribution in [0.1, 0.15) is 18.9 Å². The van der Waals surface area contributed by atoms with Crippen molar-refractivity contribution in [1.82, 2.24) is 9.62 Å². The van der Waals surface area contributed by atoms with Gasteiger partial charge in [-0.2, -0.15) is 12.7 Å². The van der Waals surface area contributed by atoms with E-state index >= 15 is 0 Å². The zero-order chi connectivity index (χ0) is 15.2. The zero-order valence-electron chi connectivity index (χ0n) is 12.1. The van der Waals surface area contributed by atoms with Crippen molar-refractivity contribution < 1.29 is 12.8 Å². The minimum Gasteiger partial charge on any atom is -0.317 e. The van der Waals surface area contributed by atoms with E-state index in [1.54, 1.807) is 13.0 Å². The van der Waals surface area contributed by atoms with E-state index in [2.05, 4.69) is 10.0 Å². The van der Waals surface area contributed by atoms with Crippen LogP contribution < -0.4 is 10.0 Å². The summed E-state index contributed by atoms with van der Waals surface area (Å²) in [6, 6.07) is 4.10. The molecule has 114 valence electrons. The summed E-state index contributed by atoms with van der Waals surface area (Å²) in [6.45, 7) is 5.72. The van der Waals surface area contributed by atoms with Crippen LogP contribution in [0.3, 0.4) is 0 Å². The lowest BCUT2D eigenvalue weighted by molar-refractivity contribution is 0.459. The Kier molecular flexibility index (Phi) is 6.38. The van der Waals surface area contributed by atoms with E-state index in [-0.39, 0.29) is 5.69 Å². The number of anilines is 1. The molecule has 0 radical (unpaired) electrons. The molecule has 1 aromatic rings. The number of benzene rings is 1. The summed E-state index contributed by atoms with van der Waals surface area (Å²) < 4.78 is 41.0. The molecule has 0 saturated heterocycles. The molecule has 7 heteroatoms. The molecular weight excluding hydrogens is 281 g/mol. The van der Waals surface area contributed by atoms with Gasteiger partial charge in [0.25, 0.3) is 0 Å². The first-order valence-corrected chi connectivity index (χ1v) is 8.01. The Morgan fingerprint density at radius 2 is 2.00 bits per heavy atom. The summed E-state index contributed by atoms with van der Waals surface area (Å²) >= 11 is 0. The number of nitrogens with zero attached hydrogens (tertiary/aromatic N) is 1. The van der Waals surface area contributed by atoms with E-state index < -0.39 is 16.0 Å². The van der Waals surface area contributed by atoms with E-state index in [4.69, 9.17) is 0 Å². The molecular formula is C13H22FN3O2S. The minimum atomic E-state index is -3.65. The fourth-order valence-corrected chi connectivity index (χ4v) is 2.69. The monoisotopic (exact) mass is 303 g/mol. The molecule has 0 aliphatic carbocycles. The summed E-state index contributed by atoms with van der Waals surface area (Å²) in [5.41, 5.74) is 0.901. The third-order valence-electron chi connectivity index (χ3n) is 2.78. The molecule has 2 N–H and O–H groups in total. The number of rotatable bonds is 8. The molecule has 20 heavy (non-hydrogen) atoms. The maximum atomic E-state index is 13.2. The van der Waals surface area contributed by atoms with Gasteiger partial charge in [-0.05, 0) is 50.2 Å². The maximum absolute atomic E-state index is 13.2. The Morgan fingerprint density at radius 1 is 1.30 bits per heavy atom. The van der Waals surface area contributed by atoms with Crippen LogP contribution in [0.15, 0.2) is 18.2 Å². The molecule has 0 saturated carbocycles. The van der Waals surface area contributed by atoms with Crippen LogP contribution in [0.2, 0.25) is 0 Å². The first kappa shape index (κ1) is 16.9. The van der Waals surface area contributed by atoms with E-state index in [9.17, 15) is 12.8 Å². The highest BCUT2D eigenvalue weighted by molar-refractivity contribution is 7.90. The van der Waals surface area contributed by atoms with Crippen LogP contribution in [0, 0.1) is 12.7 Å². The van der Waals surface area contributed by atoms with Gasteiger partial charge in [0.1, 0.15) is 5.82 Å². The van der Waals surface area contributed by atoms with E-state index in [1.807, 2.05) is 6.92 Å². The second-order valence-electron chi connectivity index (χ2n) is 4.65. The second-order valence-corrected chi connectivity index (χ2v) is 6.43. The highest BCUT2D eigenvalue weighted by atomic mass is 32.2. The molecule has 0 spiro atoms. The van der Waals surface area contributed by atoms with Gasteiger partial charge < -0.3 is 5.32 Å². The number of aryl methyl sites for hydroxylation is 1. The van der Waals surface area contributed by atoms with Gasteiger partial charge in [-0.1, -0.05) is 6.92 Å². The maximum Gasteiger partial charge on any atom is 0.301 e. The van der Waals surface area contributed by atoms with Gasteiger partial charge in [0, 0.05) is 13.6 Å². The lowest BCUT2D eigenvalue weighted by atomic mass is 10.2. The molecule has 0 amide bonds. The standard InChI is InChI=1S/C13H22FN3O2S/c1-4-15-6-5-7-17(3)20(18,19)16-13-9-11(2)8-12(14)10-13/h8-10,15-16H,4-7H2,1-3H3. The van der Waals surface area contributed by atoms with Crippen LogP contribution in [-0.4, -0.2) is 39.4 Å². The van der Waals surface area contributed by atoms with E-state index in [1.165, 1.54) is 17.4 Å². The minimum absolute atomic E-state index is 0.237. The SMILES string of the molecule is CCNCCCN(C)S(=O)(=O)Nc1cc(C)cc(F)c1. The third kappa shape index (κ3) is 5.44. The van der Waals surface area contributed by atoms with Crippen molar-refractivity contribution in [3.63, 3.8) is 0 Å². The van der Waals surface area contributed by atoms with Crippen molar-refractivity contribution in [1.29, 1.82) is 0 Å². The smallest absolute Gasteiger partial charge is 0.301 e. The van der Waals surface area contributed by atoms with Gasteiger partial charge in [0.2, 0.25) is 0 Å². The first-order chi connectivity index (χ1) is 9.35. The average Bonchev–Trinajstić information content (AvgIpc) is 2.32. The van der Waals surface area contributed by atoms with Gasteiger partial charge in [-0.25, -0.2) is 4.39 Å². The van der Waals surface area contributed by atoms with Gasteiger partial charge in [-0.15, -0.1) is 0 Å². The highest BCUT2D eigenvalue weighted by Crippen LogP contribution is 2.15. The van der Waals surface area contributed by atoms with E-state index in [0.29, 0.717) is 18.5 Å². The molecule has 0 fully saturated rings. The summed E-state index contributed by atoms with van der Waals surface area (Å²) in [5, 5.41) is 3.13. The molecule has 1 rings (SSSR count). The summed E-state index contributed by atoms with van der Waals surface area (Å²) in [6.07, 6.45) is 0.716. The van der Waals surface area contributed by atoms with Crippen molar-refractivity contribution >= 4 is 15.9 Å². The quantitative estimate of drug-likeness (QED) is 0.719. The molecule has 0 bridgehead atoms. The Morgan fingerprint density at radius 3 is 2.60 bits per heavy atom. The molecule has 0 aliphatic rings. The molecule has 0 aromatic heterocycles. The van der Waals surface area contributed by atoms with Crippen molar-refractivity contribution in [2.24, 2.45) is 0 Å². The Bertz CT molecular complexity index is 514. The van der Waals surface area contributed by atoms with Gasteiger partial charge in [0.05, 0.1) is 5.69 Å². The molecule has 0 aliphatic heterocycles. The summed E-state index contributed by atoms with van der Waals surface area (Å²) in [5.74, 6) is -0.461. The largest absolute Gasteiger partial charge is 0.317 e. The third-order valence-corrected chi connectivity index (χ3v) is 4.27. The van der Waals surface area contributed by atoms with E-state index in [0.717, 1.165) is 19.2 Å². The zero-order valence-corrected chi connectivity index (χ0v) is 12.9. The number of hydrogen-bond donors (Lipinski definition) is 2. The van der Waals surface area contributed by atoms with Crippen molar-refractivity contribution in [2.45, 2.75) is 20.3 Å². The van der Waals surface area contributed by atoms with Crippen LogP contribution >= 0.6 is 0 Å². The molecule has 1 aromatic carbocycles. The predicted molar refractivity (Wildman–Crippen MR) is 79.5 cm³/mol. The van der Waals surface area contributed by atoms with Crippen LogP contribution in [0.4, 0.5) is 10.1 Å². The first-order valence-electron chi connectivity index (χ1n) is 6.57.